The Hall–Kier alpha value is -1.18. The standard InChI is InChI=1S/C20H28F2/c1-2-3-4-5-16-6-11-18(12-7-16)19-13-8-17(9-14-19)10-15-20(21)22/h8-9,13-16,18H,2-7,10-12H2,1H3/t16-,18-. The van der Waals surface area contributed by atoms with Crippen LogP contribution in [0.4, 0.5) is 8.78 Å². The van der Waals surface area contributed by atoms with Crippen molar-refractivity contribution in [3.8, 4) is 0 Å². The second-order valence-corrected chi connectivity index (χ2v) is 6.65. The Labute approximate surface area is 133 Å². The molecule has 0 amide bonds. The van der Waals surface area contributed by atoms with Crippen LogP contribution in [-0.4, -0.2) is 0 Å². The number of unbranched alkanes of at least 4 members (excludes halogenated alkanes) is 2. The highest BCUT2D eigenvalue weighted by Crippen LogP contribution is 2.37. The molecule has 0 unspecified atom stereocenters. The lowest BCUT2D eigenvalue weighted by molar-refractivity contribution is 0.303. The van der Waals surface area contributed by atoms with Crippen LogP contribution in [-0.2, 0) is 6.42 Å². The number of hydrogen-bond donors (Lipinski definition) is 0. The van der Waals surface area contributed by atoms with E-state index < -0.39 is 6.08 Å². The molecule has 0 atom stereocenters. The van der Waals surface area contributed by atoms with Crippen LogP contribution < -0.4 is 0 Å². The molecule has 0 heterocycles. The number of benzene rings is 1. The van der Waals surface area contributed by atoms with E-state index in [2.05, 4.69) is 19.1 Å². The molecule has 0 N–H and O–H groups in total. The average molecular weight is 306 g/mol. The van der Waals surface area contributed by atoms with Crippen molar-refractivity contribution in [2.45, 2.75) is 70.6 Å². The zero-order valence-corrected chi connectivity index (χ0v) is 13.7. The van der Waals surface area contributed by atoms with Gasteiger partial charge in [-0.2, -0.15) is 8.78 Å². The minimum absolute atomic E-state index is 0.326. The van der Waals surface area contributed by atoms with Crippen molar-refractivity contribution >= 4 is 0 Å². The summed E-state index contributed by atoms with van der Waals surface area (Å²) in [4.78, 5) is 0. The number of rotatable bonds is 7. The maximum atomic E-state index is 12.1. The quantitative estimate of drug-likeness (QED) is 0.482. The third kappa shape index (κ3) is 5.55. The molecule has 0 radical (unpaired) electrons. The Kier molecular flexibility index (Phi) is 7.08. The van der Waals surface area contributed by atoms with E-state index >= 15 is 0 Å². The molecule has 1 aromatic carbocycles. The van der Waals surface area contributed by atoms with E-state index in [0.29, 0.717) is 12.3 Å². The molecule has 22 heavy (non-hydrogen) atoms. The van der Waals surface area contributed by atoms with Gasteiger partial charge in [0, 0.05) is 0 Å². The van der Waals surface area contributed by atoms with E-state index in [9.17, 15) is 8.78 Å². The Balaban J connectivity index is 1.80. The Bertz CT molecular complexity index is 449. The van der Waals surface area contributed by atoms with E-state index in [1.165, 1.54) is 56.9 Å². The zero-order chi connectivity index (χ0) is 15.8. The molecule has 0 aromatic heterocycles. The van der Waals surface area contributed by atoms with Crippen LogP contribution in [0, 0.1) is 5.92 Å². The maximum Gasteiger partial charge on any atom is 0.266 e. The topological polar surface area (TPSA) is 0 Å². The van der Waals surface area contributed by atoms with Crippen LogP contribution >= 0.6 is 0 Å². The molecule has 1 aromatic rings. The van der Waals surface area contributed by atoms with Crippen LogP contribution in [0.25, 0.3) is 0 Å². The fourth-order valence-electron chi connectivity index (χ4n) is 3.59. The van der Waals surface area contributed by atoms with Gasteiger partial charge in [-0.25, -0.2) is 0 Å². The van der Waals surface area contributed by atoms with E-state index in [-0.39, 0.29) is 0 Å². The molecule has 1 aliphatic carbocycles. The summed E-state index contributed by atoms with van der Waals surface area (Å²) >= 11 is 0. The van der Waals surface area contributed by atoms with Gasteiger partial charge >= 0.3 is 0 Å². The van der Waals surface area contributed by atoms with Crippen LogP contribution in [0.5, 0.6) is 0 Å². The van der Waals surface area contributed by atoms with Crippen molar-refractivity contribution in [2.24, 2.45) is 5.92 Å². The smallest absolute Gasteiger partial charge is 0.174 e. The summed E-state index contributed by atoms with van der Waals surface area (Å²) in [6.07, 6.45) is 10.5. The fourth-order valence-corrected chi connectivity index (χ4v) is 3.59. The fraction of sp³-hybridized carbons (Fsp3) is 0.600. The molecule has 0 spiro atoms. The van der Waals surface area contributed by atoms with Crippen molar-refractivity contribution in [1.29, 1.82) is 0 Å². The number of hydrogen-bond acceptors (Lipinski definition) is 0. The third-order valence-electron chi connectivity index (χ3n) is 5.01. The molecule has 2 rings (SSSR count). The SMILES string of the molecule is CCCCC[C@H]1CC[C@H](c2ccc(CC=C(F)F)cc2)CC1. The molecule has 2 heteroatoms. The van der Waals surface area contributed by atoms with Gasteiger partial charge in [0.05, 0.1) is 0 Å². The number of allylic oxidation sites excluding steroid dienone is 1. The van der Waals surface area contributed by atoms with Gasteiger partial charge in [-0.1, -0.05) is 56.9 Å². The van der Waals surface area contributed by atoms with Gasteiger partial charge in [0.15, 0.2) is 0 Å². The summed E-state index contributed by atoms with van der Waals surface area (Å²) in [6.45, 7) is 2.26. The van der Waals surface area contributed by atoms with E-state index in [4.69, 9.17) is 0 Å². The largest absolute Gasteiger partial charge is 0.266 e. The molecule has 0 bridgehead atoms. The minimum atomic E-state index is -1.59. The molecule has 0 saturated heterocycles. The predicted molar refractivity (Wildman–Crippen MR) is 89.3 cm³/mol. The maximum absolute atomic E-state index is 12.1. The lowest BCUT2D eigenvalue weighted by atomic mass is 9.77. The average Bonchev–Trinajstić information content (AvgIpc) is 2.54. The van der Waals surface area contributed by atoms with Crippen LogP contribution in [0.15, 0.2) is 36.4 Å². The summed E-state index contributed by atoms with van der Waals surface area (Å²) in [5.41, 5.74) is 2.35. The highest BCUT2D eigenvalue weighted by Gasteiger charge is 2.21. The second kappa shape index (κ2) is 9.07. The van der Waals surface area contributed by atoms with Crippen LogP contribution in [0.2, 0.25) is 0 Å². The van der Waals surface area contributed by atoms with Gasteiger partial charge < -0.3 is 0 Å². The first-order chi connectivity index (χ1) is 10.7. The van der Waals surface area contributed by atoms with Crippen molar-refractivity contribution in [3.63, 3.8) is 0 Å². The van der Waals surface area contributed by atoms with Gasteiger partial charge in [-0.3, -0.25) is 0 Å². The number of halogens is 2. The van der Waals surface area contributed by atoms with Crippen LogP contribution in [0.3, 0.4) is 0 Å². The molecular weight excluding hydrogens is 278 g/mol. The lowest BCUT2D eigenvalue weighted by Gasteiger charge is -2.29. The summed E-state index contributed by atoms with van der Waals surface area (Å²) in [5, 5.41) is 0. The molecule has 1 aliphatic rings. The van der Waals surface area contributed by atoms with Crippen molar-refractivity contribution in [2.75, 3.05) is 0 Å². The highest BCUT2D eigenvalue weighted by molar-refractivity contribution is 5.27. The van der Waals surface area contributed by atoms with E-state index in [1.54, 1.807) is 0 Å². The molecule has 1 fully saturated rings. The minimum Gasteiger partial charge on any atom is -0.174 e. The first kappa shape index (κ1) is 17.2. The molecule has 1 saturated carbocycles. The molecule has 0 aliphatic heterocycles. The first-order valence-corrected chi connectivity index (χ1v) is 8.79. The predicted octanol–water partition coefficient (Wildman–Crippen LogP) is 6.86. The summed E-state index contributed by atoms with van der Waals surface area (Å²) in [6, 6.07) is 8.28. The normalized spacial score (nSPS) is 21.6. The first-order valence-electron chi connectivity index (χ1n) is 8.79. The van der Waals surface area contributed by atoms with Crippen molar-refractivity contribution in [1.82, 2.24) is 0 Å². The van der Waals surface area contributed by atoms with Crippen molar-refractivity contribution in [3.05, 3.63) is 47.5 Å². The molecular formula is C20H28F2. The Morgan fingerprint density at radius 3 is 2.32 bits per heavy atom. The summed E-state index contributed by atoms with van der Waals surface area (Å²) in [7, 11) is 0. The summed E-state index contributed by atoms with van der Waals surface area (Å²) < 4.78 is 24.2. The Morgan fingerprint density at radius 1 is 1.05 bits per heavy atom. The van der Waals surface area contributed by atoms with Crippen LogP contribution in [0.1, 0.15) is 75.3 Å². The molecule has 122 valence electrons. The van der Waals surface area contributed by atoms with E-state index in [1.807, 2.05) is 12.1 Å². The van der Waals surface area contributed by atoms with Gasteiger partial charge in [0.2, 0.25) is 0 Å². The monoisotopic (exact) mass is 306 g/mol. The zero-order valence-electron chi connectivity index (χ0n) is 13.7. The highest BCUT2D eigenvalue weighted by atomic mass is 19.3. The van der Waals surface area contributed by atoms with Gasteiger partial charge in [0.1, 0.15) is 0 Å². The van der Waals surface area contributed by atoms with E-state index in [0.717, 1.165) is 17.6 Å². The van der Waals surface area contributed by atoms with Gasteiger partial charge in [0.25, 0.3) is 6.08 Å². The van der Waals surface area contributed by atoms with Gasteiger partial charge in [-0.15, -0.1) is 0 Å². The second-order valence-electron chi connectivity index (χ2n) is 6.65. The van der Waals surface area contributed by atoms with Gasteiger partial charge in [-0.05, 0) is 61.1 Å². The Morgan fingerprint density at radius 2 is 1.73 bits per heavy atom. The lowest BCUT2D eigenvalue weighted by Crippen LogP contribution is -2.13. The third-order valence-corrected chi connectivity index (χ3v) is 5.01. The van der Waals surface area contributed by atoms with Crippen molar-refractivity contribution < 1.29 is 8.78 Å². The summed E-state index contributed by atoms with van der Waals surface area (Å²) in [5.74, 6) is 1.60. The molecule has 0 nitrogen and oxygen atoms in total.